The van der Waals surface area contributed by atoms with Crippen molar-refractivity contribution >= 4 is 23.4 Å². The van der Waals surface area contributed by atoms with Crippen molar-refractivity contribution in [2.75, 3.05) is 12.8 Å². The zero-order valence-corrected chi connectivity index (χ0v) is 12.3. The van der Waals surface area contributed by atoms with Crippen LogP contribution in [0.1, 0.15) is 11.7 Å². The second-order valence-electron chi connectivity index (χ2n) is 4.11. The molecule has 0 saturated heterocycles. The fourth-order valence-electron chi connectivity index (χ4n) is 1.85. The summed E-state index contributed by atoms with van der Waals surface area (Å²) in [4.78, 5) is 0.901. The Morgan fingerprint density at radius 3 is 2.89 bits per heavy atom. The molecule has 2 rings (SSSR count). The Hall–Kier alpha value is -1.04. The smallest absolute Gasteiger partial charge is 0.124 e. The highest BCUT2D eigenvalue weighted by atomic mass is 35.5. The molecule has 0 aliphatic carbocycles. The predicted octanol–water partition coefficient (Wildman–Crippen LogP) is 3.27. The van der Waals surface area contributed by atoms with Gasteiger partial charge in [-0.1, -0.05) is 17.7 Å². The van der Waals surface area contributed by atoms with Crippen LogP contribution in [-0.4, -0.2) is 22.6 Å². The molecule has 1 unspecified atom stereocenters. The highest BCUT2D eigenvalue weighted by Gasteiger charge is 2.17. The molecule has 0 fully saturated rings. The van der Waals surface area contributed by atoms with Crippen LogP contribution in [0.15, 0.2) is 35.4 Å². The second-order valence-corrected chi connectivity index (χ2v) is 5.61. The summed E-state index contributed by atoms with van der Waals surface area (Å²) < 4.78 is 14.9. The second kappa shape index (κ2) is 6.41. The van der Waals surface area contributed by atoms with E-state index in [0.717, 1.165) is 16.3 Å². The molecule has 0 radical (unpaired) electrons. The maximum atomic E-state index is 13.1. The molecule has 0 aliphatic heterocycles. The Morgan fingerprint density at radius 2 is 2.32 bits per heavy atom. The van der Waals surface area contributed by atoms with Gasteiger partial charge < -0.3 is 5.32 Å². The number of rotatable bonds is 5. The minimum atomic E-state index is -0.218. The zero-order chi connectivity index (χ0) is 13.8. The number of hydrogen-bond acceptors (Lipinski definition) is 3. The Bertz CT molecular complexity index is 539. The molecule has 1 aromatic carbocycles. The topological polar surface area (TPSA) is 29.9 Å². The summed E-state index contributed by atoms with van der Waals surface area (Å²) in [6, 6.07) is 6.64. The van der Waals surface area contributed by atoms with Gasteiger partial charge in [-0.25, -0.2) is 4.39 Å². The van der Waals surface area contributed by atoms with Gasteiger partial charge in [-0.3, -0.25) is 4.68 Å². The summed E-state index contributed by atoms with van der Waals surface area (Å²) in [5.41, 5.74) is 0.938. The first kappa shape index (κ1) is 14.4. The van der Waals surface area contributed by atoms with Crippen LogP contribution >= 0.6 is 23.4 Å². The van der Waals surface area contributed by atoms with Gasteiger partial charge in [0.25, 0.3) is 0 Å². The maximum Gasteiger partial charge on any atom is 0.124 e. The lowest BCUT2D eigenvalue weighted by Gasteiger charge is -2.16. The molecule has 1 heterocycles. The molecule has 2 aromatic rings. The number of aromatic nitrogens is 2. The van der Waals surface area contributed by atoms with Gasteiger partial charge in [0.1, 0.15) is 5.82 Å². The highest BCUT2D eigenvalue weighted by Crippen LogP contribution is 2.28. The summed E-state index contributed by atoms with van der Waals surface area (Å²) >= 11 is 7.71. The molecule has 1 N–H and O–H groups in total. The van der Waals surface area contributed by atoms with Crippen LogP contribution < -0.4 is 5.32 Å². The molecule has 0 bridgehead atoms. The Morgan fingerprint density at radius 1 is 1.53 bits per heavy atom. The molecule has 0 saturated carbocycles. The normalized spacial score (nSPS) is 12.6. The molecule has 19 heavy (non-hydrogen) atoms. The van der Waals surface area contributed by atoms with Gasteiger partial charge in [0.05, 0.1) is 23.0 Å². The number of thioether (sulfide) groups is 1. The van der Waals surface area contributed by atoms with Crippen molar-refractivity contribution in [2.45, 2.75) is 10.9 Å². The Kier molecular flexibility index (Phi) is 4.85. The number of nitrogens with one attached hydrogen (secondary N) is 1. The van der Waals surface area contributed by atoms with Crippen LogP contribution in [0.3, 0.4) is 0 Å². The van der Waals surface area contributed by atoms with E-state index in [4.69, 9.17) is 11.6 Å². The molecule has 1 atom stereocenters. The van der Waals surface area contributed by atoms with Crippen molar-refractivity contribution in [1.29, 1.82) is 0 Å². The third-order valence-corrected chi connectivity index (χ3v) is 4.21. The standard InChI is InChI=1S/C13H15ClFN3S/c1-16-12(13-11(14)7-17-18(13)2)8-19-10-5-3-4-9(15)6-10/h3-7,12,16H,8H2,1-2H3. The number of hydrogen-bond donors (Lipinski definition) is 1. The van der Waals surface area contributed by atoms with E-state index in [1.165, 1.54) is 12.1 Å². The highest BCUT2D eigenvalue weighted by molar-refractivity contribution is 7.99. The van der Waals surface area contributed by atoms with Crippen molar-refractivity contribution in [2.24, 2.45) is 7.05 Å². The molecular weight excluding hydrogens is 285 g/mol. The van der Waals surface area contributed by atoms with E-state index in [-0.39, 0.29) is 11.9 Å². The van der Waals surface area contributed by atoms with Crippen LogP contribution in [0, 0.1) is 5.82 Å². The van der Waals surface area contributed by atoms with E-state index < -0.39 is 0 Å². The molecule has 0 spiro atoms. The van der Waals surface area contributed by atoms with Crippen LogP contribution in [0.4, 0.5) is 4.39 Å². The van der Waals surface area contributed by atoms with E-state index >= 15 is 0 Å². The lowest BCUT2D eigenvalue weighted by molar-refractivity contribution is 0.586. The molecule has 6 heteroatoms. The Labute approximate surface area is 121 Å². The van der Waals surface area contributed by atoms with Crippen LogP contribution in [0.25, 0.3) is 0 Å². The molecular formula is C13H15ClFN3S. The molecule has 0 amide bonds. The van der Waals surface area contributed by atoms with E-state index in [0.29, 0.717) is 5.02 Å². The van der Waals surface area contributed by atoms with E-state index in [1.807, 2.05) is 20.2 Å². The quantitative estimate of drug-likeness (QED) is 0.860. The SMILES string of the molecule is CNC(CSc1cccc(F)c1)c1c(Cl)cnn1C. The third kappa shape index (κ3) is 3.49. The maximum absolute atomic E-state index is 13.1. The first-order valence-corrected chi connectivity index (χ1v) is 7.21. The summed E-state index contributed by atoms with van der Waals surface area (Å²) in [5, 5.41) is 7.98. The molecule has 0 aliphatic rings. The largest absolute Gasteiger partial charge is 0.311 e. The zero-order valence-electron chi connectivity index (χ0n) is 10.7. The van der Waals surface area contributed by atoms with Crippen LogP contribution in [-0.2, 0) is 7.05 Å². The minimum absolute atomic E-state index is 0.0632. The van der Waals surface area contributed by atoms with Gasteiger partial charge in [0, 0.05) is 17.7 Å². The number of halogens is 2. The average molecular weight is 300 g/mol. The van der Waals surface area contributed by atoms with Crippen molar-refractivity contribution < 1.29 is 4.39 Å². The molecule has 3 nitrogen and oxygen atoms in total. The predicted molar refractivity (Wildman–Crippen MR) is 77.1 cm³/mol. The average Bonchev–Trinajstić information content (AvgIpc) is 2.71. The van der Waals surface area contributed by atoms with Gasteiger partial charge in [-0.2, -0.15) is 5.10 Å². The lowest BCUT2D eigenvalue weighted by atomic mass is 10.2. The van der Waals surface area contributed by atoms with Gasteiger partial charge >= 0.3 is 0 Å². The van der Waals surface area contributed by atoms with Crippen molar-refractivity contribution in [3.63, 3.8) is 0 Å². The number of benzene rings is 1. The summed E-state index contributed by atoms with van der Waals surface area (Å²) in [6.07, 6.45) is 1.63. The first-order chi connectivity index (χ1) is 9.11. The molecule has 102 valence electrons. The summed E-state index contributed by atoms with van der Waals surface area (Å²) in [7, 11) is 3.73. The number of aryl methyl sites for hydroxylation is 1. The fraction of sp³-hybridized carbons (Fsp3) is 0.308. The summed E-state index contributed by atoms with van der Waals surface area (Å²) in [6.45, 7) is 0. The van der Waals surface area contributed by atoms with Gasteiger partial charge in [0.2, 0.25) is 0 Å². The van der Waals surface area contributed by atoms with E-state index in [9.17, 15) is 4.39 Å². The summed E-state index contributed by atoms with van der Waals surface area (Å²) in [5.74, 6) is 0.531. The first-order valence-electron chi connectivity index (χ1n) is 5.85. The van der Waals surface area contributed by atoms with Crippen molar-refractivity contribution in [1.82, 2.24) is 15.1 Å². The fourth-order valence-corrected chi connectivity index (χ4v) is 3.20. The van der Waals surface area contributed by atoms with Gasteiger partial charge in [0.15, 0.2) is 0 Å². The van der Waals surface area contributed by atoms with Gasteiger partial charge in [-0.05, 0) is 25.2 Å². The minimum Gasteiger partial charge on any atom is -0.311 e. The van der Waals surface area contributed by atoms with Crippen molar-refractivity contribution in [3.8, 4) is 0 Å². The lowest BCUT2D eigenvalue weighted by Crippen LogP contribution is -2.22. The van der Waals surface area contributed by atoms with Crippen LogP contribution in [0.2, 0.25) is 5.02 Å². The van der Waals surface area contributed by atoms with E-state index in [1.54, 1.807) is 28.7 Å². The monoisotopic (exact) mass is 299 g/mol. The Balaban J connectivity index is 2.08. The van der Waals surface area contributed by atoms with Crippen LogP contribution in [0.5, 0.6) is 0 Å². The number of nitrogens with zero attached hydrogens (tertiary/aromatic N) is 2. The van der Waals surface area contributed by atoms with Crippen molar-refractivity contribution in [3.05, 3.63) is 47.0 Å². The van der Waals surface area contributed by atoms with E-state index in [2.05, 4.69) is 10.4 Å². The molecule has 1 aromatic heterocycles. The third-order valence-electron chi connectivity index (χ3n) is 2.83. The van der Waals surface area contributed by atoms with Gasteiger partial charge in [-0.15, -0.1) is 11.8 Å².